The monoisotopic (exact) mass is 329 g/mol. The van der Waals surface area contributed by atoms with E-state index in [4.69, 9.17) is 5.73 Å². The van der Waals surface area contributed by atoms with Gasteiger partial charge < -0.3 is 5.73 Å². The molecule has 102 valence electrons. The van der Waals surface area contributed by atoms with Gasteiger partial charge in [0.1, 0.15) is 0 Å². The van der Waals surface area contributed by atoms with E-state index in [9.17, 15) is 4.79 Å². The van der Waals surface area contributed by atoms with Gasteiger partial charge in [0.05, 0.1) is 0 Å². The summed E-state index contributed by atoms with van der Waals surface area (Å²) in [5, 5.41) is 0. The SMILES string of the molecule is Nc1ccc(C(=O)c2ccccc2C2CCC2)cc1Br. The molecule has 0 radical (unpaired) electrons. The molecule has 1 aliphatic carbocycles. The highest BCUT2D eigenvalue weighted by atomic mass is 79.9. The number of rotatable bonds is 3. The van der Waals surface area contributed by atoms with Crippen LogP contribution in [-0.4, -0.2) is 5.78 Å². The Morgan fingerprint density at radius 2 is 1.90 bits per heavy atom. The third-order valence-corrected chi connectivity index (χ3v) is 4.70. The normalized spacial score (nSPS) is 14.8. The molecule has 3 heteroatoms. The van der Waals surface area contributed by atoms with Gasteiger partial charge in [0.25, 0.3) is 0 Å². The molecule has 0 saturated heterocycles. The number of ketones is 1. The molecule has 0 heterocycles. The van der Waals surface area contributed by atoms with Crippen molar-refractivity contribution in [3.8, 4) is 0 Å². The minimum atomic E-state index is 0.0770. The lowest BCUT2D eigenvalue weighted by atomic mass is 9.77. The van der Waals surface area contributed by atoms with Gasteiger partial charge in [-0.3, -0.25) is 4.79 Å². The zero-order chi connectivity index (χ0) is 14.1. The van der Waals surface area contributed by atoms with E-state index in [1.807, 2.05) is 18.2 Å². The summed E-state index contributed by atoms with van der Waals surface area (Å²) in [7, 11) is 0. The average molecular weight is 330 g/mol. The van der Waals surface area contributed by atoms with Crippen molar-refractivity contribution >= 4 is 27.4 Å². The van der Waals surface area contributed by atoms with Crippen molar-refractivity contribution in [3.63, 3.8) is 0 Å². The Kier molecular flexibility index (Phi) is 3.62. The Hall–Kier alpha value is -1.61. The highest BCUT2D eigenvalue weighted by Gasteiger charge is 2.24. The molecule has 0 spiro atoms. The summed E-state index contributed by atoms with van der Waals surface area (Å²) in [6, 6.07) is 13.3. The molecule has 0 unspecified atom stereocenters. The molecule has 3 rings (SSSR count). The van der Waals surface area contributed by atoms with Crippen molar-refractivity contribution in [3.05, 3.63) is 63.6 Å². The number of nitrogen functional groups attached to an aromatic ring is 1. The zero-order valence-corrected chi connectivity index (χ0v) is 12.7. The number of carbonyl (C=O) groups excluding carboxylic acids is 1. The largest absolute Gasteiger partial charge is 0.398 e. The van der Waals surface area contributed by atoms with Crippen molar-refractivity contribution in [2.24, 2.45) is 0 Å². The molecule has 0 aromatic heterocycles. The molecule has 0 amide bonds. The van der Waals surface area contributed by atoms with E-state index < -0.39 is 0 Å². The average Bonchev–Trinajstić information content (AvgIpc) is 2.40. The molecule has 1 fully saturated rings. The second kappa shape index (κ2) is 5.41. The van der Waals surface area contributed by atoms with Crippen LogP contribution in [-0.2, 0) is 0 Å². The molecular formula is C17H16BrNO. The first kappa shape index (κ1) is 13.4. The van der Waals surface area contributed by atoms with Crippen LogP contribution in [0.4, 0.5) is 5.69 Å². The number of nitrogens with two attached hydrogens (primary N) is 1. The predicted molar refractivity (Wildman–Crippen MR) is 85.0 cm³/mol. The van der Waals surface area contributed by atoms with Crippen LogP contribution in [0, 0.1) is 0 Å². The van der Waals surface area contributed by atoms with Gasteiger partial charge in [-0.25, -0.2) is 0 Å². The third kappa shape index (κ3) is 2.38. The van der Waals surface area contributed by atoms with Crippen LogP contribution >= 0.6 is 15.9 Å². The van der Waals surface area contributed by atoms with Crippen LogP contribution in [0.5, 0.6) is 0 Å². The van der Waals surface area contributed by atoms with Crippen LogP contribution in [0.2, 0.25) is 0 Å². The number of hydrogen-bond acceptors (Lipinski definition) is 2. The molecule has 0 aliphatic heterocycles. The smallest absolute Gasteiger partial charge is 0.193 e. The first-order valence-electron chi connectivity index (χ1n) is 6.85. The second-order valence-electron chi connectivity index (χ2n) is 5.28. The first-order chi connectivity index (χ1) is 9.66. The van der Waals surface area contributed by atoms with Crippen LogP contribution in [0.3, 0.4) is 0 Å². The molecule has 2 aromatic rings. The quantitative estimate of drug-likeness (QED) is 0.664. The zero-order valence-electron chi connectivity index (χ0n) is 11.1. The van der Waals surface area contributed by atoms with Crippen LogP contribution in [0.25, 0.3) is 0 Å². The van der Waals surface area contributed by atoms with Gasteiger partial charge in [-0.1, -0.05) is 30.7 Å². The Bertz CT molecular complexity index is 662. The molecule has 2 N–H and O–H groups in total. The van der Waals surface area contributed by atoms with Crippen LogP contribution in [0.1, 0.15) is 46.7 Å². The summed E-state index contributed by atoms with van der Waals surface area (Å²) in [4.78, 5) is 12.7. The highest BCUT2D eigenvalue weighted by molar-refractivity contribution is 9.10. The first-order valence-corrected chi connectivity index (χ1v) is 7.65. The van der Waals surface area contributed by atoms with Gasteiger partial charge in [-0.05, 0) is 58.5 Å². The van der Waals surface area contributed by atoms with Crippen molar-refractivity contribution in [2.75, 3.05) is 5.73 Å². The maximum atomic E-state index is 12.7. The molecular weight excluding hydrogens is 314 g/mol. The third-order valence-electron chi connectivity index (χ3n) is 4.01. The predicted octanol–water partition coefficient (Wildman–Crippen LogP) is 4.53. The summed E-state index contributed by atoms with van der Waals surface area (Å²) < 4.78 is 0.768. The molecule has 0 bridgehead atoms. The Morgan fingerprint density at radius 3 is 2.55 bits per heavy atom. The minimum Gasteiger partial charge on any atom is -0.398 e. The number of carbonyl (C=O) groups is 1. The van der Waals surface area contributed by atoms with E-state index in [1.54, 1.807) is 18.2 Å². The van der Waals surface area contributed by atoms with Gasteiger partial charge in [-0.2, -0.15) is 0 Å². The van der Waals surface area contributed by atoms with E-state index >= 15 is 0 Å². The van der Waals surface area contributed by atoms with Crippen molar-refractivity contribution < 1.29 is 4.79 Å². The van der Waals surface area contributed by atoms with Gasteiger partial charge >= 0.3 is 0 Å². The van der Waals surface area contributed by atoms with Crippen molar-refractivity contribution in [1.82, 2.24) is 0 Å². The highest BCUT2D eigenvalue weighted by Crippen LogP contribution is 2.38. The van der Waals surface area contributed by atoms with E-state index in [0.29, 0.717) is 17.2 Å². The summed E-state index contributed by atoms with van der Waals surface area (Å²) in [6.45, 7) is 0. The Labute approximate surface area is 127 Å². The van der Waals surface area contributed by atoms with Crippen LogP contribution in [0.15, 0.2) is 46.9 Å². The number of halogens is 1. The van der Waals surface area contributed by atoms with Gasteiger partial charge in [0.2, 0.25) is 0 Å². The molecule has 1 aliphatic rings. The summed E-state index contributed by atoms with van der Waals surface area (Å²) >= 11 is 3.38. The van der Waals surface area contributed by atoms with Crippen molar-refractivity contribution in [1.29, 1.82) is 0 Å². The molecule has 2 aromatic carbocycles. The topological polar surface area (TPSA) is 43.1 Å². The fourth-order valence-corrected chi connectivity index (χ4v) is 2.98. The fraction of sp³-hybridized carbons (Fsp3) is 0.235. The summed E-state index contributed by atoms with van der Waals surface area (Å²) in [5.74, 6) is 0.626. The molecule has 2 nitrogen and oxygen atoms in total. The minimum absolute atomic E-state index is 0.0770. The van der Waals surface area contributed by atoms with Gasteiger partial charge in [0.15, 0.2) is 5.78 Å². The Balaban J connectivity index is 1.99. The number of hydrogen-bond donors (Lipinski definition) is 1. The van der Waals surface area contributed by atoms with Gasteiger partial charge in [-0.15, -0.1) is 0 Å². The summed E-state index contributed by atoms with van der Waals surface area (Å²) in [5.41, 5.74) is 9.12. The maximum absolute atomic E-state index is 12.7. The van der Waals surface area contributed by atoms with E-state index in [1.165, 1.54) is 24.8 Å². The molecule has 1 saturated carbocycles. The van der Waals surface area contributed by atoms with E-state index in [-0.39, 0.29) is 5.78 Å². The standard InChI is InChI=1S/C17H16BrNO/c18-15-10-12(8-9-16(15)19)17(20)14-7-2-1-6-13(14)11-4-3-5-11/h1-2,6-11H,3-5,19H2. The Morgan fingerprint density at radius 1 is 1.15 bits per heavy atom. The second-order valence-corrected chi connectivity index (χ2v) is 6.13. The number of benzene rings is 2. The van der Waals surface area contributed by atoms with Gasteiger partial charge in [0, 0.05) is 21.3 Å². The maximum Gasteiger partial charge on any atom is 0.193 e. The van der Waals surface area contributed by atoms with E-state index in [2.05, 4.69) is 22.0 Å². The molecule has 0 atom stereocenters. The van der Waals surface area contributed by atoms with Crippen LogP contribution < -0.4 is 5.73 Å². The lowest BCUT2D eigenvalue weighted by Crippen LogP contribution is -2.14. The van der Waals surface area contributed by atoms with Crippen molar-refractivity contribution in [2.45, 2.75) is 25.2 Å². The van der Waals surface area contributed by atoms with E-state index in [0.717, 1.165) is 10.0 Å². The lowest BCUT2D eigenvalue weighted by Gasteiger charge is -2.27. The molecule has 20 heavy (non-hydrogen) atoms. The summed E-state index contributed by atoms with van der Waals surface area (Å²) in [6.07, 6.45) is 3.64. The number of anilines is 1. The lowest BCUT2D eigenvalue weighted by molar-refractivity contribution is 0.103. The fourth-order valence-electron chi connectivity index (χ4n) is 2.60.